The number of sulfonamides is 1. The lowest BCUT2D eigenvalue weighted by atomic mass is 9.91. The second kappa shape index (κ2) is 16.7. The molecule has 0 bridgehead atoms. The molecule has 5 aromatic carbocycles. The molecule has 0 aliphatic carbocycles. The van der Waals surface area contributed by atoms with E-state index in [9.17, 15) is 13.2 Å². The van der Waals surface area contributed by atoms with Crippen molar-refractivity contribution in [2.24, 2.45) is 0 Å². The minimum Gasteiger partial charge on any atom is -0.377 e. The van der Waals surface area contributed by atoms with Gasteiger partial charge in [-0.25, -0.2) is 8.42 Å². The average Bonchev–Trinajstić information content (AvgIpc) is 3.71. The number of hydrogen-bond acceptors (Lipinski definition) is 8. The molecule has 1 saturated heterocycles. The van der Waals surface area contributed by atoms with Gasteiger partial charge in [0.1, 0.15) is 0 Å². The average molecular weight is 744 g/mol. The van der Waals surface area contributed by atoms with Crippen molar-refractivity contribution in [3.8, 4) is 11.1 Å². The zero-order valence-electron chi connectivity index (χ0n) is 29.2. The van der Waals surface area contributed by atoms with Crippen molar-refractivity contribution in [3.05, 3.63) is 103 Å². The van der Waals surface area contributed by atoms with Gasteiger partial charge in [-0.15, -0.1) is 0 Å². The monoisotopic (exact) mass is 743 g/mol. The van der Waals surface area contributed by atoms with E-state index in [-0.39, 0.29) is 16.8 Å². The lowest BCUT2D eigenvalue weighted by Crippen LogP contribution is -2.42. The third kappa shape index (κ3) is 8.49. The Labute approximate surface area is 305 Å². The highest BCUT2D eigenvalue weighted by Gasteiger charge is 2.36. The van der Waals surface area contributed by atoms with Gasteiger partial charge in [0.2, 0.25) is 5.91 Å². The van der Waals surface area contributed by atoms with Gasteiger partial charge in [-0.2, -0.15) is 11.8 Å². The number of carbonyl (C=O) groups excluding carboxylic acids is 1. The minimum absolute atomic E-state index is 0.100. The van der Waals surface area contributed by atoms with Crippen LogP contribution in [0.2, 0.25) is 6.04 Å². The van der Waals surface area contributed by atoms with E-state index in [1.807, 2.05) is 96.7 Å². The third-order valence-corrected chi connectivity index (χ3v) is 14.7. The van der Waals surface area contributed by atoms with E-state index in [1.54, 1.807) is 33.5 Å². The fraction of sp³-hybridized carbons (Fsp3) is 0.308. The van der Waals surface area contributed by atoms with Gasteiger partial charge in [0, 0.05) is 44.2 Å². The SMILES string of the molecule is CO[Si](CCCSCCc1ccc(S(=O)(=O)Nc2ccc3ccccc3c2-c2c(NC(=O)C3CCCN3)ccc3ccccc23)cc1)(OC)OC. The van der Waals surface area contributed by atoms with Gasteiger partial charge in [-0.05, 0) is 95.1 Å². The lowest BCUT2D eigenvalue weighted by molar-refractivity contribution is -0.117. The summed E-state index contributed by atoms with van der Waals surface area (Å²) in [7, 11) is -1.63. The molecule has 0 spiro atoms. The third-order valence-electron chi connectivity index (χ3n) is 9.46. The number of anilines is 2. The van der Waals surface area contributed by atoms with Crippen LogP contribution < -0.4 is 15.4 Å². The first-order valence-electron chi connectivity index (χ1n) is 17.2. The standard InChI is InChI=1S/C39H45N3O6S2Si/c1-46-51(47-2,48-3)27-9-25-49-26-23-28-15-19-31(20-16-28)50(44,45)42-35-22-18-30-11-5-7-13-33(30)38(35)37-32-12-6-4-10-29(32)17-21-34(37)41-39(43)36-14-8-24-40-36/h4-7,10-13,15-22,36,40,42H,8-9,14,23-27H2,1-3H3,(H,41,43). The molecule has 9 nitrogen and oxygen atoms in total. The van der Waals surface area contributed by atoms with Crippen LogP contribution in [0.3, 0.4) is 0 Å². The topological polar surface area (TPSA) is 115 Å². The van der Waals surface area contributed by atoms with Crippen LogP contribution in [0, 0.1) is 0 Å². The van der Waals surface area contributed by atoms with Crippen LogP contribution in [0.1, 0.15) is 24.8 Å². The second-order valence-electron chi connectivity index (χ2n) is 12.6. The molecular weight excluding hydrogens is 699 g/mol. The molecule has 1 aliphatic rings. The first kappa shape index (κ1) is 37.0. The van der Waals surface area contributed by atoms with Crippen molar-refractivity contribution in [3.63, 3.8) is 0 Å². The predicted octanol–water partition coefficient (Wildman–Crippen LogP) is 7.70. The van der Waals surface area contributed by atoms with Crippen LogP contribution in [-0.4, -0.2) is 68.6 Å². The largest absolute Gasteiger partial charge is 0.500 e. The quantitative estimate of drug-likeness (QED) is 0.0697. The Morgan fingerprint density at radius 2 is 1.41 bits per heavy atom. The number of carbonyl (C=O) groups is 1. The number of fused-ring (bicyclic) bond motifs is 2. The van der Waals surface area contributed by atoms with Gasteiger partial charge >= 0.3 is 8.80 Å². The molecule has 0 radical (unpaired) electrons. The van der Waals surface area contributed by atoms with Gasteiger partial charge in [0.05, 0.1) is 16.6 Å². The summed E-state index contributed by atoms with van der Waals surface area (Å²) in [4.78, 5) is 13.6. The summed E-state index contributed by atoms with van der Waals surface area (Å²) < 4.78 is 47.4. The Kier molecular flexibility index (Phi) is 12.1. The molecule has 6 rings (SSSR count). The van der Waals surface area contributed by atoms with Crippen molar-refractivity contribution < 1.29 is 26.5 Å². The van der Waals surface area contributed by atoms with E-state index in [2.05, 4.69) is 15.4 Å². The Morgan fingerprint density at radius 3 is 2.02 bits per heavy atom. The van der Waals surface area contributed by atoms with Crippen LogP contribution in [-0.2, 0) is 34.5 Å². The van der Waals surface area contributed by atoms with Gasteiger partial charge in [-0.1, -0.05) is 72.8 Å². The number of hydrogen-bond donors (Lipinski definition) is 3. The van der Waals surface area contributed by atoms with E-state index in [0.29, 0.717) is 16.9 Å². The van der Waals surface area contributed by atoms with Crippen LogP contribution in [0.25, 0.3) is 32.7 Å². The van der Waals surface area contributed by atoms with Crippen molar-refractivity contribution in [1.82, 2.24) is 5.32 Å². The second-order valence-corrected chi connectivity index (χ2v) is 18.6. The summed E-state index contributed by atoms with van der Waals surface area (Å²) in [5.74, 6) is 1.76. The van der Waals surface area contributed by atoms with E-state index < -0.39 is 18.8 Å². The van der Waals surface area contributed by atoms with Crippen LogP contribution >= 0.6 is 11.8 Å². The molecule has 1 atom stereocenters. The highest BCUT2D eigenvalue weighted by atomic mass is 32.2. The Morgan fingerprint density at radius 1 is 0.804 bits per heavy atom. The van der Waals surface area contributed by atoms with Crippen molar-refractivity contribution in [2.45, 2.75) is 42.7 Å². The van der Waals surface area contributed by atoms with Crippen molar-refractivity contribution >= 4 is 69.4 Å². The van der Waals surface area contributed by atoms with Gasteiger partial charge in [-0.3, -0.25) is 9.52 Å². The smallest absolute Gasteiger partial charge is 0.377 e. The van der Waals surface area contributed by atoms with Crippen LogP contribution in [0.15, 0.2) is 102 Å². The van der Waals surface area contributed by atoms with Gasteiger partial charge in [0.15, 0.2) is 0 Å². The molecule has 1 amide bonds. The molecule has 5 aromatic rings. The zero-order chi connectivity index (χ0) is 35.8. The number of amides is 1. The molecule has 3 N–H and O–H groups in total. The molecule has 12 heteroatoms. The van der Waals surface area contributed by atoms with Gasteiger partial charge < -0.3 is 23.9 Å². The molecule has 0 saturated carbocycles. The summed E-state index contributed by atoms with van der Waals surface area (Å²) in [6.45, 7) is 0.805. The van der Waals surface area contributed by atoms with E-state index >= 15 is 0 Å². The molecule has 1 unspecified atom stereocenters. The van der Waals surface area contributed by atoms with Crippen molar-refractivity contribution in [1.29, 1.82) is 0 Å². The molecule has 0 aromatic heterocycles. The Bertz CT molecular complexity index is 2080. The van der Waals surface area contributed by atoms with E-state index in [0.717, 1.165) is 82.4 Å². The maximum atomic E-state index is 14.0. The molecule has 1 aliphatic heterocycles. The Balaban J connectivity index is 1.25. The fourth-order valence-corrected chi connectivity index (χ4v) is 10.7. The van der Waals surface area contributed by atoms with E-state index in [1.165, 1.54) is 0 Å². The predicted molar refractivity (Wildman–Crippen MR) is 211 cm³/mol. The lowest BCUT2D eigenvalue weighted by Gasteiger charge is -2.24. The molecule has 51 heavy (non-hydrogen) atoms. The summed E-state index contributed by atoms with van der Waals surface area (Å²) in [5.41, 5.74) is 3.60. The highest BCUT2D eigenvalue weighted by Crippen LogP contribution is 2.44. The number of benzene rings is 5. The molecule has 1 heterocycles. The fourth-order valence-electron chi connectivity index (χ4n) is 6.68. The minimum atomic E-state index is -3.97. The maximum absolute atomic E-state index is 14.0. The number of aryl methyl sites for hydroxylation is 1. The number of thioether (sulfide) groups is 1. The number of nitrogens with one attached hydrogen (secondary N) is 3. The molecule has 1 fully saturated rings. The first-order valence-corrected chi connectivity index (χ1v) is 21.8. The summed E-state index contributed by atoms with van der Waals surface area (Å²) in [6, 6.07) is 31.1. The summed E-state index contributed by atoms with van der Waals surface area (Å²) in [5, 5.41) is 10.2. The highest BCUT2D eigenvalue weighted by molar-refractivity contribution is 7.99. The zero-order valence-corrected chi connectivity index (χ0v) is 31.9. The Hall–Kier alpha value is -3.75. The summed E-state index contributed by atoms with van der Waals surface area (Å²) >= 11 is 1.84. The summed E-state index contributed by atoms with van der Waals surface area (Å²) in [6.07, 6.45) is 3.46. The van der Waals surface area contributed by atoms with Crippen molar-refractivity contribution in [2.75, 3.05) is 49.4 Å². The van der Waals surface area contributed by atoms with Crippen LogP contribution in [0.5, 0.6) is 0 Å². The molecular formula is C39H45N3O6S2Si. The van der Waals surface area contributed by atoms with E-state index in [4.69, 9.17) is 13.3 Å². The normalized spacial score (nSPS) is 15.0. The number of rotatable bonds is 16. The van der Waals surface area contributed by atoms with Gasteiger partial charge in [0.25, 0.3) is 10.0 Å². The molecule has 268 valence electrons. The maximum Gasteiger partial charge on any atom is 0.500 e. The first-order chi connectivity index (χ1) is 24.8. The van der Waals surface area contributed by atoms with Crippen LogP contribution in [0.4, 0.5) is 11.4 Å².